The first kappa shape index (κ1) is 14.4. The first-order chi connectivity index (χ1) is 9.72. The van der Waals surface area contributed by atoms with Gasteiger partial charge in [0.2, 0.25) is 0 Å². The van der Waals surface area contributed by atoms with Gasteiger partial charge in [-0.1, -0.05) is 22.0 Å². The van der Waals surface area contributed by atoms with Crippen LogP contribution in [-0.4, -0.2) is 43.3 Å². The van der Waals surface area contributed by atoms with Crippen LogP contribution in [0.25, 0.3) is 0 Å². The van der Waals surface area contributed by atoms with Crippen LogP contribution in [0.4, 0.5) is 4.39 Å². The number of benzene rings is 1. The molecule has 1 unspecified atom stereocenters. The van der Waals surface area contributed by atoms with E-state index in [9.17, 15) is 4.39 Å². The molecule has 20 heavy (non-hydrogen) atoms. The molecule has 1 aliphatic heterocycles. The van der Waals surface area contributed by atoms with Crippen LogP contribution in [0.5, 0.6) is 0 Å². The normalized spacial score (nSPS) is 24.0. The number of hydrogen-bond acceptors (Lipinski definition) is 3. The van der Waals surface area contributed by atoms with Gasteiger partial charge in [-0.05, 0) is 30.5 Å². The number of rotatable bonds is 5. The Kier molecular flexibility index (Phi) is 4.71. The van der Waals surface area contributed by atoms with Crippen LogP contribution < -0.4 is 5.32 Å². The van der Waals surface area contributed by atoms with Crippen molar-refractivity contribution in [3.63, 3.8) is 0 Å². The second kappa shape index (κ2) is 6.52. The van der Waals surface area contributed by atoms with Crippen molar-refractivity contribution in [2.24, 2.45) is 0 Å². The van der Waals surface area contributed by atoms with Gasteiger partial charge in [0.25, 0.3) is 0 Å². The van der Waals surface area contributed by atoms with E-state index in [2.05, 4.69) is 26.1 Å². The van der Waals surface area contributed by atoms with Crippen LogP contribution in [0.2, 0.25) is 0 Å². The molecule has 3 nitrogen and oxygen atoms in total. The van der Waals surface area contributed by atoms with E-state index in [0.717, 1.165) is 48.9 Å². The van der Waals surface area contributed by atoms with Gasteiger partial charge in [-0.15, -0.1) is 0 Å². The Morgan fingerprint density at radius 1 is 1.40 bits per heavy atom. The lowest BCUT2D eigenvalue weighted by molar-refractivity contribution is -0.0111. The molecule has 1 aromatic rings. The van der Waals surface area contributed by atoms with Gasteiger partial charge >= 0.3 is 0 Å². The van der Waals surface area contributed by atoms with E-state index in [0.29, 0.717) is 6.04 Å². The van der Waals surface area contributed by atoms with Gasteiger partial charge in [0.15, 0.2) is 0 Å². The largest absolute Gasteiger partial charge is 0.378 e. The molecule has 110 valence electrons. The maximum Gasteiger partial charge on any atom is 0.124 e. The van der Waals surface area contributed by atoms with E-state index < -0.39 is 0 Å². The summed E-state index contributed by atoms with van der Waals surface area (Å²) in [4.78, 5) is 2.43. The molecular formula is C15H20BrFN2O. The third kappa shape index (κ3) is 3.79. The molecule has 1 heterocycles. The molecule has 1 N–H and O–H groups in total. The SMILES string of the molecule is Fc1ccc(CN2CCOCC2CNC2CC2)c(Br)c1. The standard InChI is InChI=1S/C15H20BrFN2O/c16-15-7-12(17)2-1-11(15)9-19-5-6-20-10-14(19)8-18-13-3-4-13/h1-2,7,13-14,18H,3-6,8-10H2. The third-order valence-electron chi connectivity index (χ3n) is 3.96. The lowest BCUT2D eigenvalue weighted by Gasteiger charge is -2.36. The van der Waals surface area contributed by atoms with E-state index in [4.69, 9.17) is 4.74 Å². The van der Waals surface area contributed by atoms with Crippen molar-refractivity contribution < 1.29 is 9.13 Å². The molecule has 3 rings (SSSR count). The monoisotopic (exact) mass is 342 g/mol. The fraction of sp³-hybridized carbons (Fsp3) is 0.600. The Balaban J connectivity index is 1.62. The van der Waals surface area contributed by atoms with E-state index >= 15 is 0 Å². The van der Waals surface area contributed by atoms with Crippen molar-refractivity contribution in [3.05, 3.63) is 34.1 Å². The molecule has 2 aliphatic rings. The molecule has 0 bridgehead atoms. The third-order valence-corrected chi connectivity index (χ3v) is 4.70. The summed E-state index contributed by atoms with van der Waals surface area (Å²) in [5.41, 5.74) is 1.13. The number of morpholine rings is 1. The minimum absolute atomic E-state index is 0.199. The summed E-state index contributed by atoms with van der Waals surface area (Å²) in [7, 11) is 0. The average Bonchev–Trinajstić information content (AvgIpc) is 3.25. The highest BCUT2D eigenvalue weighted by Crippen LogP contribution is 2.22. The van der Waals surface area contributed by atoms with Crippen molar-refractivity contribution in [1.82, 2.24) is 10.2 Å². The predicted molar refractivity (Wildman–Crippen MR) is 80.1 cm³/mol. The molecule has 5 heteroatoms. The van der Waals surface area contributed by atoms with Crippen molar-refractivity contribution in [2.45, 2.75) is 31.5 Å². The molecule has 1 aromatic carbocycles. The minimum atomic E-state index is -0.199. The maximum absolute atomic E-state index is 13.1. The van der Waals surface area contributed by atoms with Gasteiger partial charge in [0.1, 0.15) is 5.82 Å². The highest BCUT2D eigenvalue weighted by molar-refractivity contribution is 9.10. The number of ether oxygens (including phenoxy) is 1. The quantitative estimate of drug-likeness (QED) is 0.889. The van der Waals surface area contributed by atoms with Crippen LogP contribution in [0.15, 0.2) is 22.7 Å². The summed E-state index contributed by atoms with van der Waals surface area (Å²) in [6, 6.07) is 6.04. The summed E-state index contributed by atoms with van der Waals surface area (Å²) in [5.74, 6) is -0.199. The van der Waals surface area contributed by atoms with Gasteiger partial charge in [0, 0.05) is 36.2 Å². The van der Waals surface area contributed by atoms with Gasteiger partial charge in [-0.3, -0.25) is 4.90 Å². The summed E-state index contributed by atoms with van der Waals surface area (Å²) < 4.78 is 19.6. The predicted octanol–water partition coefficient (Wildman–Crippen LogP) is 2.54. The average molecular weight is 343 g/mol. The molecule has 0 amide bonds. The van der Waals surface area contributed by atoms with Crippen molar-refractivity contribution in [1.29, 1.82) is 0 Å². The van der Waals surface area contributed by atoms with Gasteiger partial charge < -0.3 is 10.1 Å². The topological polar surface area (TPSA) is 24.5 Å². The fourth-order valence-corrected chi connectivity index (χ4v) is 3.02. The summed E-state index contributed by atoms with van der Waals surface area (Å²) in [5, 5.41) is 3.57. The summed E-state index contributed by atoms with van der Waals surface area (Å²) in [6.45, 7) is 4.29. The van der Waals surface area contributed by atoms with E-state index in [-0.39, 0.29) is 5.82 Å². The summed E-state index contributed by atoms with van der Waals surface area (Å²) >= 11 is 3.45. The van der Waals surface area contributed by atoms with Crippen LogP contribution in [0.1, 0.15) is 18.4 Å². The van der Waals surface area contributed by atoms with Crippen molar-refractivity contribution in [2.75, 3.05) is 26.3 Å². The van der Waals surface area contributed by atoms with E-state index in [1.165, 1.54) is 25.0 Å². The maximum atomic E-state index is 13.1. The molecular weight excluding hydrogens is 323 g/mol. The zero-order valence-electron chi connectivity index (χ0n) is 11.4. The Labute approximate surface area is 127 Å². The number of nitrogens with zero attached hydrogens (tertiary/aromatic N) is 1. The molecule has 1 aliphatic carbocycles. The Morgan fingerprint density at radius 3 is 3.00 bits per heavy atom. The molecule has 2 fully saturated rings. The Hall–Kier alpha value is -0.490. The number of nitrogens with one attached hydrogen (secondary N) is 1. The smallest absolute Gasteiger partial charge is 0.124 e. The second-order valence-electron chi connectivity index (χ2n) is 5.62. The molecule has 1 saturated carbocycles. The molecule has 0 spiro atoms. The highest BCUT2D eigenvalue weighted by Gasteiger charge is 2.27. The van der Waals surface area contributed by atoms with Crippen LogP contribution in [0.3, 0.4) is 0 Å². The zero-order valence-corrected chi connectivity index (χ0v) is 13.0. The summed E-state index contributed by atoms with van der Waals surface area (Å²) in [6.07, 6.45) is 2.61. The lowest BCUT2D eigenvalue weighted by Crippen LogP contribution is -2.50. The number of halogens is 2. The second-order valence-corrected chi connectivity index (χ2v) is 6.47. The van der Waals surface area contributed by atoms with E-state index in [1.54, 1.807) is 0 Å². The molecule has 0 radical (unpaired) electrons. The fourth-order valence-electron chi connectivity index (χ4n) is 2.54. The first-order valence-electron chi connectivity index (χ1n) is 7.21. The molecule has 0 aromatic heterocycles. The van der Waals surface area contributed by atoms with Crippen LogP contribution in [0, 0.1) is 5.82 Å². The Bertz CT molecular complexity index is 467. The van der Waals surface area contributed by atoms with Crippen LogP contribution >= 0.6 is 15.9 Å². The van der Waals surface area contributed by atoms with Gasteiger partial charge in [-0.2, -0.15) is 0 Å². The van der Waals surface area contributed by atoms with Crippen LogP contribution in [-0.2, 0) is 11.3 Å². The Morgan fingerprint density at radius 2 is 2.25 bits per heavy atom. The lowest BCUT2D eigenvalue weighted by atomic mass is 10.1. The van der Waals surface area contributed by atoms with Crippen molar-refractivity contribution >= 4 is 15.9 Å². The highest BCUT2D eigenvalue weighted by atomic mass is 79.9. The zero-order chi connectivity index (χ0) is 13.9. The minimum Gasteiger partial charge on any atom is -0.378 e. The van der Waals surface area contributed by atoms with Crippen molar-refractivity contribution in [3.8, 4) is 0 Å². The van der Waals surface area contributed by atoms with Gasteiger partial charge in [0.05, 0.1) is 13.2 Å². The molecule has 1 atom stereocenters. The number of hydrogen-bond donors (Lipinski definition) is 1. The van der Waals surface area contributed by atoms with E-state index in [1.807, 2.05) is 6.07 Å². The van der Waals surface area contributed by atoms with Gasteiger partial charge in [-0.25, -0.2) is 4.39 Å². The first-order valence-corrected chi connectivity index (χ1v) is 8.01. The molecule has 1 saturated heterocycles.